The Kier molecular flexibility index (Phi) is 8.82. The van der Waals surface area contributed by atoms with E-state index < -0.39 is 76.1 Å². The van der Waals surface area contributed by atoms with Gasteiger partial charge in [0.05, 0.1) is 22.9 Å². The van der Waals surface area contributed by atoms with Gasteiger partial charge in [-0.3, -0.25) is 14.4 Å². The Bertz CT molecular complexity index is 2170. The second-order valence-electron chi connectivity index (χ2n) is 11.9. The summed E-state index contributed by atoms with van der Waals surface area (Å²) in [6, 6.07) is 8.11. The molecule has 1 aliphatic rings. The first-order valence-corrected chi connectivity index (χ1v) is 16.6. The zero-order chi connectivity index (χ0) is 36.3. The van der Waals surface area contributed by atoms with Crippen molar-refractivity contribution in [2.45, 2.75) is 43.8 Å². The largest absolute Gasteiger partial charge is 0.435 e. The van der Waals surface area contributed by atoms with Crippen molar-refractivity contribution >= 4 is 39.8 Å². The Morgan fingerprint density at radius 2 is 1.82 bits per heavy atom. The summed E-state index contributed by atoms with van der Waals surface area (Å²) in [6.45, 7) is 4.92. The highest BCUT2D eigenvalue weighted by Gasteiger charge is 2.54. The molecule has 3 aromatic heterocycles. The Labute approximate surface area is 282 Å². The van der Waals surface area contributed by atoms with Crippen LogP contribution in [0.4, 0.5) is 41.3 Å². The Morgan fingerprint density at radius 1 is 1.12 bits per heavy atom. The fourth-order valence-electron chi connectivity index (χ4n) is 6.44. The van der Waals surface area contributed by atoms with Gasteiger partial charge in [0, 0.05) is 47.9 Å². The van der Waals surface area contributed by atoms with Gasteiger partial charge in [0.2, 0.25) is 0 Å². The summed E-state index contributed by atoms with van der Waals surface area (Å²) >= 11 is 0. The average Bonchev–Trinajstić information content (AvgIpc) is 3.66. The molecule has 1 aliphatic carbocycles. The van der Waals surface area contributed by atoms with Crippen LogP contribution < -0.4 is 10.0 Å². The predicted molar refractivity (Wildman–Crippen MR) is 173 cm³/mol. The van der Waals surface area contributed by atoms with Crippen molar-refractivity contribution in [2.75, 3.05) is 11.0 Å². The van der Waals surface area contributed by atoms with Crippen molar-refractivity contribution in [3.63, 3.8) is 0 Å². The second kappa shape index (κ2) is 12.7. The number of aromatic nitrogens is 5. The summed E-state index contributed by atoms with van der Waals surface area (Å²) in [5.41, 5.74) is -1.88. The molecule has 3 heterocycles. The molecule has 17 heteroatoms. The molecule has 262 valence electrons. The van der Waals surface area contributed by atoms with E-state index in [0.717, 1.165) is 12.1 Å². The maximum Gasteiger partial charge on any atom is 0.435 e. The number of benzene rings is 2. The van der Waals surface area contributed by atoms with E-state index >= 15 is 8.78 Å². The highest BCUT2D eigenvalue weighted by atomic mass is 32.2. The number of halogens is 7. The number of hydrogen-bond acceptors (Lipinski definition) is 5. The molecular formula is C33H28F7N7O2S. The fourth-order valence-corrected chi connectivity index (χ4v) is 6.87. The van der Waals surface area contributed by atoms with Gasteiger partial charge >= 0.3 is 12.2 Å². The molecule has 0 saturated heterocycles. The molecule has 0 aliphatic heterocycles. The minimum absolute atomic E-state index is 0.0147. The van der Waals surface area contributed by atoms with Gasteiger partial charge < -0.3 is 5.32 Å². The lowest BCUT2D eigenvalue weighted by atomic mass is 9.94. The molecule has 3 atom stereocenters. The van der Waals surface area contributed by atoms with Gasteiger partial charge in [-0.15, -0.1) is 0 Å². The second-order valence-corrected chi connectivity index (χ2v) is 13.0. The molecule has 1 amide bonds. The quantitative estimate of drug-likeness (QED) is 0.161. The third-order valence-corrected chi connectivity index (χ3v) is 8.81. The monoisotopic (exact) mass is 719 g/mol. The number of rotatable bonds is 8. The van der Waals surface area contributed by atoms with Gasteiger partial charge in [-0.05, 0) is 48.2 Å². The van der Waals surface area contributed by atoms with E-state index in [9.17, 15) is 31.0 Å². The van der Waals surface area contributed by atoms with E-state index in [4.69, 9.17) is 0 Å². The number of amides is 1. The molecule has 2 unspecified atom stereocenters. The molecule has 0 fully saturated rings. The zero-order valence-corrected chi connectivity index (χ0v) is 27.4. The first-order valence-electron chi connectivity index (χ1n) is 15.0. The molecule has 0 bridgehead atoms. The average molecular weight is 720 g/mol. The van der Waals surface area contributed by atoms with Gasteiger partial charge in [0.15, 0.2) is 11.5 Å². The van der Waals surface area contributed by atoms with Crippen molar-refractivity contribution in [1.29, 1.82) is 0 Å². The summed E-state index contributed by atoms with van der Waals surface area (Å²) < 4.78 is 117. The number of fused-ring (bicyclic) bond motifs is 2. The van der Waals surface area contributed by atoms with E-state index in [-0.39, 0.29) is 28.1 Å². The molecule has 9 nitrogen and oxygen atoms in total. The number of anilines is 1. The molecule has 2 aromatic carbocycles. The smallest absolute Gasteiger partial charge is 0.327 e. The lowest BCUT2D eigenvalue weighted by molar-refractivity contribution is -0.142. The van der Waals surface area contributed by atoms with Crippen LogP contribution in [0.2, 0.25) is 0 Å². The van der Waals surface area contributed by atoms with Crippen LogP contribution in [0.1, 0.15) is 59.2 Å². The van der Waals surface area contributed by atoms with E-state index in [1.807, 2.05) is 0 Å². The first-order chi connectivity index (χ1) is 23.5. The third-order valence-electron chi connectivity index (χ3n) is 8.33. The Balaban J connectivity index is 1.55. The highest BCUT2D eigenvalue weighted by molar-refractivity contribution is 7.85. The number of hydrogen-bond donors (Lipinski definition) is 2. The summed E-state index contributed by atoms with van der Waals surface area (Å²) in [6.07, 6.45) is -3.68. The standard InChI is InChI=1S/C33H28F7N7O2S/c1-5-20-9-10-21(22-7-6-8-23-27(22)46(3)44-30(23)45-50(4)49)26(41-20)24(13-17-11-18(34)14-19(35)12-17)42-31(48)47-29-25(16(2)15-32(29,36)37)28(43-47)33(38,39)40/h5-12,14,16,24H,1,13,15H2,2-4H3,(H,42,48)(H,44,45)/t16-,24?,50?/m0/s1. The minimum Gasteiger partial charge on any atom is -0.327 e. The molecule has 5 aromatic rings. The van der Waals surface area contributed by atoms with E-state index in [2.05, 4.69) is 31.8 Å². The maximum atomic E-state index is 15.2. The molecule has 50 heavy (non-hydrogen) atoms. The van der Waals surface area contributed by atoms with Crippen molar-refractivity contribution in [2.24, 2.45) is 7.05 Å². The predicted octanol–water partition coefficient (Wildman–Crippen LogP) is 7.62. The van der Waals surface area contributed by atoms with Gasteiger partial charge in [-0.1, -0.05) is 31.7 Å². The Morgan fingerprint density at radius 3 is 2.46 bits per heavy atom. The number of carbonyl (C=O) groups is 1. The highest BCUT2D eigenvalue weighted by Crippen LogP contribution is 2.52. The van der Waals surface area contributed by atoms with Gasteiger partial charge in [0.1, 0.15) is 28.3 Å². The molecule has 0 saturated carbocycles. The number of nitrogens with zero attached hydrogens (tertiary/aromatic N) is 5. The number of para-hydroxylation sites is 1. The van der Waals surface area contributed by atoms with Gasteiger partial charge in [-0.25, -0.2) is 17.8 Å². The van der Waals surface area contributed by atoms with Gasteiger partial charge in [0.25, 0.3) is 5.92 Å². The summed E-state index contributed by atoms with van der Waals surface area (Å²) in [7, 11) is 0.152. The lowest BCUT2D eigenvalue weighted by Crippen LogP contribution is -2.37. The lowest BCUT2D eigenvalue weighted by Gasteiger charge is -2.23. The molecule has 2 N–H and O–H groups in total. The van der Waals surface area contributed by atoms with E-state index in [1.165, 1.54) is 23.9 Å². The third kappa shape index (κ3) is 6.36. The number of carbonyl (C=O) groups excluding carboxylic acids is 1. The van der Waals surface area contributed by atoms with Crippen LogP contribution in [0.25, 0.3) is 28.1 Å². The van der Waals surface area contributed by atoms with Crippen molar-refractivity contribution in [1.82, 2.24) is 29.9 Å². The minimum atomic E-state index is -5.14. The number of nitrogens with one attached hydrogen (secondary N) is 2. The molecule has 0 spiro atoms. The van der Waals surface area contributed by atoms with Crippen molar-refractivity contribution in [3.05, 3.63) is 101 Å². The zero-order valence-electron chi connectivity index (χ0n) is 26.6. The Hall–Kier alpha value is -5.06. The summed E-state index contributed by atoms with van der Waals surface area (Å²) in [4.78, 5) is 18.5. The van der Waals surface area contributed by atoms with Crippen LogP contribution >= 0.6 is 0 Å². The molecule has 6 rings (SSSR count). The van der Waals surface area contributed by atoms with Crippen LogP contribution in [0.3, 0.4) is 0 Å². The van der Waals surface area contributed by atoms with Crippen LogP contribution in [-0.4, -0.2) is 41.0 Å². The fraction of sp³-hybridized carbons (Fsp3) is 0.273. The number of alkyl halides is 5. The topological polar surface area (TPSA) is 107 Å². The summed E-state index contributed by atoms with van der Waals surface area (Å²) in [5, 5.41) is 10.8. The van der Waals surface area contributed by atoms with Crippen LogP contribution in [-0.2, 0) is 36.6 Å². The van der Waals surface area contributed by atoms with Crippen LogP contribution in [0.15, 0.2) is 55.1 Å². The molecular weight excluding hydrogens is 691 g/mol. The van der Waals surface area contributed by atoms with E-state index in [0.29, 0.717) is 33.9 Å². The molecule has 0 radical (unpaired) electrons. The van der Waals surface area contributed by atoms with Gasteiger partial charge in [-0.2, -0.15) is 36.8 Å². The SMILES string of the molecule is C=Cc1ccc(-c2cccc3c(NS(C)=O)nn(C)c23)c(C(Cc2cc(F)cc(F)c2)NC(=O)n2nc(C(F)(F)F)c3c2C(F)(F)C[C@@H]3C)n1. The number of aryl methyl sites for hydroxylation is 1. The number of pyridine rings is 1. The van der Waals surface area contributed by atoms with Crippen molar-refractivity contribution in [3.8, 4) is 11.1 Å². The van der Waals surface area contributed by atoms with Crippen LogP contribution in [0, 0.1) is 11.6 Å². The summed E-state index contributed by atoms with van der Waals surface area (Å²) in [5.74, 6) is -6.67. The van der Waals surface area contributed by atoms with Crippen LogP contribution in [0.5, 0.6) is 0 Å². The first kappa shape index (κ1) is 34.8. The maximum absolute atomic E-state index is 15.2. The van der Waals surface area contributed by atoms with Crippen molar-refractivity contribution < 1.29 is 39.7 Å². The van der Waals surface area contributed by atoms with E-state index in [1.54, 1.807) is 37.4 Å². The normalized spacial score (nSPS) is 16.6.